The van der Waals surface area contributed by atoms with E-state index in [1.807, 2.05) is 16.9 Å². The molecule has 1 rings (SSSR count). The van der Waals surface area contributed by atoms with E-state index < -0.39 is 6.09 Å². The summed E-state index contributed by atoms with van der Waals surface area (Å²) in [6.07, 6.45) is 0.908. The van der Waals surface area contributed by atoms with Gasteiger partial charge in [0.05, 0.1) is 6.54 Å². The maximum Gasteiger partial charge on any atom is 0.417 e. The molecule has 1 amide bonds. The van der Waals surface area contributed by atoms with Gasteiger partial charge in [-0.25, -0.2) is 9.10 Å². The second-order valence-corrected chi connectivity index (χ2v) is 3.47. The number of hydrogen-bond donors (Lipinski definition) is 1. The summed E-state index contributed by atoms with van der Waals surface area (Å²) < 4.78 is 1.26. The molecule has 1 N–H and O–H groups in total. The zero-order valence-electron chi connectivity index (χ0n) is 5.64. The standard InChI is InChI=1S/C6H7NO2S2/c8-6(9)7-2-1-3-10-4-5-11-7/h1,3-5H,2H2,(H,8,9). The largest absolute Gasteiger partial charge is 0.464 e. The normalized spacial score (nSPS) is 17.6. The fourth-order valence-corrected chi connectivity index (χ4v) is 1.69. The first-order chi connectivity index (χ1) is 5.30. The van der Waals surface area contributed by atoms with E-state index in [-0.39, 0.29) is 0 Å². The second kappa shape index (κ2) is 4.35. The predicted octanol–water partition coefficient (Wildman–Crippen LogP) is 2.35. The van der Waals surface area contributed by atoms with Crippen molar-refractivity contribution in [3.8, 4) is 0 Å². The molecule has 0 spiro atoms. The van der Waals surface area contributed by atoms with Crippen LogP contribution < -0.4 is 0 Å². The number of rotatable bonds is 0. The molecule has 11 heavy (non-hydrogen) atoms. The third-order valence-electron chi connectivity index (χ3n) is 0.982. The average molecular weight is 189 g/mol. The van der Waals surface area contributed by atoms with Crippen molar-refractivity contribution in [2.45, 2.75) is 0 Å². The van der Waals surface area contributed by atoms with Crippen molar-refractivity contribution in [3.63, 3.8) is 0 Å². The van der Waals surface area contributed by atoms with E-state index >= 15 is 0 Å². The van der Waals surface area contributed by atoms with Crippen LogP contribution in [-0.4, -0.2) is 22.0 Å². The van der Waals surface area contributed by atoms with Crippen molar-refractivity contribution in [3.05, 3.63) is 22.3 Å². The van der Waals surface area contributed by atoms with Gasteiger partial charge >= 0.3 is 6.09 Å². The number of amides is 1. The Labute approximate surface area is 73.3 Å². The molecule has 0 atom stereocenters. The molecule has 1 aliphatic heterocycles. The van der Waals surface area contributed by atoms with Gasteiger partial charge in [-0.05, 0) is 28.2 Å². The molecule has 3 nitrogen and oxygen atoms in total. The summed E-state index contributed by atoms with van der Waals surface area (Å²) in [6, 6.07) is 0. The first kappa shape index (κ1) is 8.55. The number of nitrogens with zero attached hydrogens (tertiary/aromatic N) is 1. The fourth-order valence-electron chi connectivity index (χ4n) is 0.536. The van der Waals surface area contributed by atoms with Crippen molar-refractivity contribution in [1.29, 1.82) is 0 Å². The summed E-state index contributed by atoms with van der Waals surface area (Å²) in [5, 5.41) is 14.0. The highest BCUT2D eigenvalue weighted by Gasteiger charge is 2.08. The predicted molar refractivity (Wildman–Crippen MR) is 48.2 cm³/mol. The quantitative estimate of drug-likeness (QED) is 0.594. The van der Waals surface area contributed by atoms with Crippen LogP contribution >= 0.6 is 23.7 Å². The monoisotopic (exact) mass is 189 g/mol. The molecule has 0 aromatic carbocycles. The zero-order valence-corrected chi connectivity index (χ0v) is 7.27. The first-order valence-electron chi connectivity index (χ1n) is 2.93. The van der Waals surface area contributed by atoms with E-state index in [0.29, 0.717) is 6.54 Å². The SMILES string of the molecule is O=C(O)N1CC=CSC=CS1. The average Bonchev–Trinajstić information content (AvgIpc) is 1.84. The molecule has 0 fully saturated rings. The van der Waals surface area contributed by atoms with Crippen LogP contribution in [0.4, 0.5) is 4.79 Å². The molecule has 5 heteroatoms. The van der Waals surface area contributed by atoms with Gasteiger partial charge < -0.3 is 5.11 Å². The van der Waals surface area contributed by atoms with Crippen molar-refractivity contribution >= 4 is 29.8 Å². The smallest absolute Gasteiger partial charge is 0.417 e. The lowest BCUT2D eigenvalue weighted by Gasteiger charge is -2.13. The molecule has 1 heterocycles. The van der Waals surface area contributed by atoms with Crippen LogP contribution in [0.3, 0.4) is 0 Å². The van der Waals surface area contributed by atoms with Gasteiger partial charge in [0.2, 0.25) is 0 Å². The van der Waals surface area contributed by atoms with Crippen LogP contribution in [0.1, 0.15) is 0 Å². The fraction of sp³-hybridized carbons (Fsp3) is 0.167. The van der Waals surface area contributed by atoms with Crippen LogP contribution in [0.5, 0.6) is 0 Å². The molecule has 0 saturated carbocycles. The van der Waals surface area contributed by atoms with Gasteiger partial charge in [0, 0.05) is 0 Å². The Bertz CT molecular complexity index is 189. The van der Waals surface area contributed by atoms with E-state index in [2.05, 4.69) is 0 Å². The molecule has 0 aromatic heterocycles. The topological polar surface area (TPSA) is 40.5 Å². The summed E-state index contributed by atoms with van der Waals surface area (Å²) in [6.45, 7) is 0.442. The third-order valence-corrected chi connectivity index (χ3v) is 2.61. The van der Waals surface area contributed by atoms with E-state index in [0.717, 1.165) is 0 Å². The molecular weight excluding hydrogens is 182 g/mol. The lowest BCUT2D eigenvalue weighted by atomic mass is 10.6. The molecule has 0 aromatic rings. The van der Waals surface area contributed by atoms with Crippen molar-refractivity contribution < 1.29 is 9.90 Å². The number of carbonyl (C=O) groups is 1. The molecule has 60 valence electrons. The Morgan fingerprint density at radius 2 is 2.27 bits per heavy atom. The highest BCUT2D eigenvalue weighted by atomic mass is 32.2. The van der Waals surface area contributed by atoms with Gasteiger partial charge in [0.25, 0.3) is 0 Å². The Kier molecular flexibility index (Phi) is 3.38. The van der Waals surface area contributed by atoms with Crippen LogP contribution in [0.15, 0.2) is 22.3 Å². The highest BCUT2D eigenvalue weighted by Crippen LogP contribution is 2.18. The Morgan fingerprint density at radius 3 is 3.00 bits per heavy atom. The van der Waals surface area contributed by atoms with Crippen LogP contribution in [0.2, 0.25) is 0 Å². The highest BCUT2D eigenvalue weighted by molar-refractivity contribution is 8.06. The van der Waals surface area contributed by atoms with Gasteiger partial charge in [-0.3, -0.25) is 0 Å². The van der Waals surface area contributed by atoms with Gasteiger partial charge in [-0.1, -0.05) is 6.08 Å². The summed E-state index contributed by atoms with van der Waals surface area (Å²) in [5.41, 5.74) is 0. The number of thioether (sulfide) groups is 1. The van der Waals surface area contributed by atoms with Gasteiger partial charge in [0.15, 0.2) is 0 Å². The van der Waals surface area contributed by atoms with E-state index in [1.54, 1.807) is 17.2 Å². The molecule has 0 saturated heterocycles. The Morgan fingerprint density at radius 1 is 1.45 bits per heavy atom. The molecule has 0 bridgehead atoms. The van der Waals surface area contributed by atoms with Crippen molar-refractivity contribution in [1.82, 2.24) is 4.31 Å². The number of carboxylic acid groups (broad SMARTS) is 1. The maximum absolute atomic E-state index is 10.4. The maximum atomic E-state index is 10.4. The molecule has 0 aliphatic carbocycles. The minimum atomic E-state index is -0.906. The minimum Gasteiger partial charge on any atom is -0.464 e. The lowest BCUT2D eigenvalue weighted by molar-refractivity contribution is 0.178. The van der Waals surface area contributed by atoms with E-state index in [4.69, 9.17) is 5.11 Å². The van der Waals surface area contributed by atoms with Crippen LogP contribution in [0, 0.1) is 0 Å². The minimum absolute atomic E-state index is 0.442. The summed E-state index contributed by atoms with van der Waals surface area (Å²) in [5.74, 6) is 0. The second-order valence-electron chi connectivity index (χ2n) is 1.73. The lowest BCUT2D eigenvalue weighted by Crippen LogP contribution is -2.21. The van der Waals surface area contributed by atoms with E-state index in [1.165, 1.54) is 16.3 Å². The first-order valence-corrected chi connectivity index (χ1v) is 4.71. The summed E-state index contributed by atoms with van der Waals surface area (Å²) in [7, 11) is 0. The summed E-state index contributed by atoms with van der Waals surface area (Å²) in [4.78, 5) is 10.4. The van der Waals surface area contributed by atoms with Crippen molar-refractivity contribution in [2.24, 2.45) is 0 Å². The molecule has 1 aliphatic rings. The zero-order chi connectivity index (χ0) is 8.10. The third kappa shape index (κ3) is 2.90. The van der Waals surface area contributed by atoms with Crippen molar-refractivity contribution in [2.75, 3.05) is 6.54 Å². The van der Waals surface area contributed by atoms with E-state index in [9.17, 15) is 4.79 Å². The van der Waals surface area contributed by atoms with Gasteiger partial charge in [-0.2, -0.15) is 0 Å². The Hall–Kier alpha value is -0.550. The molecular formula is C6H7NO2S2. The molecule has 0 radical (unpaired) electrons. The van der Waals surface area contributed by atoms with Crippen LogP contribution in [-0.2, 0) is 0 Å². The molecule has 0 unspecified atom stereocenters. The van der Waals surface area contributed by atoms with Gasteiger partial charge in [0.1, 0.15) is 0 Å². The summed E-state index contributed by atoms with van der Waals surface area (Å²) >= 11 is 2.73. The number of hydrogen-bond acceptors (Lipinski definition) is 3. The van der Waals surface area contributed by atoms with Crippen LogP contribution in [0.25, 0.3) is 0 Å². The Balaban J connectivity index is 2.53. The van der Waals surface area contributed by atoms with Gasteiger partial charge in [-0.15, -0.1) is 11.8 Å².